The van der Waals surface area contributed by atoms with Gasteiger partial charge in [-0.1, -0.05) is 0 Å². The number of ether oxygens (including phenoxy) is 2. The Morgan fingerprint density at radius 3 is 2.59 bits per heavy atom. The molecule has 17 heavy (non-hydrogen) atoms. The SMILES string of the molecule is CNC(C1CCOC1)C1CCOC2(CCC2)C1. The molecule has 3 rings (SSSR count). The lowest BCUT2D eigenvalue weighted by atomic mass is 9.69. The number of rotatable bonds is 3. The third-order valence-corrected chi connectivity index (χ3v) is 5.11. The standard InChI is InChI=1S/C14H25NO2/c1-15-13(12-3-7-16-10-12)11-4-8-17-14(9-11)5-2-6-14/h11-13,15H,2-10H2,1H3. The van der Waals surface area contributed by atoms with E-state index in [1.165, 1.54) is 38.5 Å². The number of hydrogen-bond donors (Lipinski definition) is 1. The van der Waals surface area contributed by atoms with Crippen LogP contribution < -0.4 is 5.32 Å². The Bertz CT molecular complexity index is 259. The van der Waals surface area contributed by atoms with Gasteiger partial charge in [0, 0.05) is 25.2 Å². The normalized spacial score (nSPS) is 37.9. The van der Waals surface area contributed by atoms with Gasteiger partial charge in [-0.2, -0.15) is 0 Å². The summed E-state index contributed by atoms with van der Waals surface area (Å²) in [5, 5.41) is 3.56. The summed E-state index contributed by atoms with van der Waals surface area (Å²) in [7, 11) is 2.12. The first kappa shape index (κ1) is 11.9. The van der Waals surface area contributed by atoms with Crippen LogP contribution in [0.25, 0.3) is 0 Å². The second-order valence-electron chi connectivity index (χ2n) is 6.08. The van der Waals surface area contributed by atoms with E-state index in [-0.39, 0.29) is 5.60 Å². The highest BCUT2D eigenvalue weighted by Crippen LogP contribution is 2.46. The van der Waals surface area contributed by atoms with E-state index in [0.29, 0.717) is 6.04 Å². The Balaban J connectivity index is 1.64. The molecular weight excluding hydrogens is 214 g/mol. The van der Waals surface area contributed by atoms with E-state index in [1.54, 1.807) is 0 Å². The van der Waals surface area contributed by atoms with E-state index in [4.69, 9.17) is 9.47 Å². The third kappa shape index (κ3) is 2.25. The minimum Gasteiger partial charge on any atom is -0.381 e. The third-order valence-electron chi connectivity index (χ3n) is 5.11. The monoisotopic (exact) mass is 239 g/mol. The topological polar surface area (TPSA) is 30.5 Å². The summed E-state index contributed by atoms with van der Waals surface area (Å²) >= 11 is 0. The quantitative estimate of drug-likeness (QED) is 0.816. The van der Waals surface area contributed by atoms with Crippen molar-refractivity contribution in [1.29, 1.82) is 0 Å². The molecule has 0 aromatic heterocycles. The van der Waals surface area contributed by atoms with Crippen molar-refractivity contribution in [2.75, 3.05) is 26.9 Å². The van der Waals surface area contributed by atoms with Gasteiger partial charge in [-0.15, -0.1) is 0 Å². The van der Waals surface area contributed by atoms with Crippen molar-refractivity contribution in [3.8, 4) is 0 Å². The summed E-state index contributed by atoms with van der Waals surface area (Å²) in [5.41, 5.74) is 0.275. The summed E-state index contributed by atoms with van der Waals surface area (Å²) in [6, 6.07) is 0.638. The molecule has 1 N–H and O–H groups in total. The molecule has 1 spiro atoms. The van der Waals surface area contributed by atoms with Gasteiger partial charge < -0.3 is 14.8 Å². The molecule has 1 aliphatic carbocycles. The summed E-state index contributed by atoms with van der Waals surface area (Å²) in [5.74, 6) is 1.51. The lowest BCUT2D eigenvalue weighted by molar-refractivity contribution is -0.148. The molecular formula is C14H25NO2. The smallest absolute Gasteiger partial charge is 0.0685 e. The fraction of sp³-hybridized carbons (Fsp3) is 1.00. The molecule has 3 fully saturated rings. The van der Waals surface area contributed by atoms with Crippen LogP contribution in [0.3, 0.4) is 0 Å². The molecule has 2 aliphatic heterocycles. The van der Waals surface area contributed by atoms with Gasteiger partial charge in [0.2, 0.25) is 0 Å². The van der Waals surface area contributed by atoms with Crippen LogP contribution in [0.15, 0.2) is 0 Å². The lowest BCUT2D eigenvalue weighted by Gasteiger charge is -2.49. The zero-order valence-corrected chi connectivity index (χ0v) is 10.9. The van der Waals surface area contributed by atoms with Gasteiger partial charge in [-0.05, 0) is 51.5 Å². The Labute approximate surface area is 104 Å². The first-order chi connectivity index (χ1) is 8.33. The summed E-state index contributed by atoms with van der Waals surface area (Å²) in [4.78, 5) is 0. The first-order valence-electron chi connectivity index (χ1n) is 7.22. The average Bonchev–Trinajstić information content (AvgIpc) is 2.82. The fourth-order valence-corrected chi connectivity index (χ4v) is 3.98. The lowest BCUT2D eigenvalue weighted by Crippen LogP contribution is -2.51. The second kappa shape index (κ2) is 4.87. The van der Waals surface area contributed by atoms with Gasteiger partial charge in [0.25, 0.3) is 0 Å². The molecule has 1 saturated carbocycles. The van der Waals surface area contributed by atoms with E-state index in [0.717, 1.165) is 31.7 Å². The Kier molecular flexibility index (Phi) is 3.42. The zero-order valence-electron chi connectivity index (χ0n) is 10.9. The highest BCUT2D eigenvalue weighted by molar-refractivity contribution is 4.98. The van der Waals surface area contributed by atoms with Crippen LogP contribution >= 0.6 is 0 Å². The zero-order chi connectivity index (χ0) is 11.7. The Hall–Kier alpha value is -0.120. The summed E-state index contributed by atoms with van der Waals surface area (Å²) in [6.07, 6.45) is 7.68. The summed E-state index contributed by atoms with van der Waals surface area (Å²) < 4.78 is 11.6. The maximum absolute atomic E-state index is 6.03. The van der Waals surface area contributed by atoms with Crippen molar-refractivity contribution >= 4 is 0 Å². The highest BCUT2D eigenvalue weighted by atomic mass is 16.5. The van der Waals surface area contributed by atoms with Crippen LogP contribution in [-0.4, -0.2) is 38.5 Å². The van der Waals surface area contributed by atoms with Gasteiger partial charge in [0.05, 0.1) is 12.2 Å². The predicted octanol–water partition coefficient (Wildman–Crippen LogP) is 1.96. The van der Waals surface area contributed by atoms with Crippen LogP contribution in [0, 0.1) is 11.8 Å². The molecule has 0 radical (unpaired) electrons. The maximum Gasteiger partial charge on any atom is 0.0685 e. The molecule has 98 valence electrons. The molecule has 2 heterocycles. The maximum atomic E-state index is 6.03. The number of nitrogens with one attached hydrogen (secondary N) is 1. The first-order valence-corrected chi connectivity index (χ1v) is 7.22. The van der Waals surface area contributed by atoms with Crippen molar-refractivity contribution in [3.63, 3.8) is 0 Å². The Morgan fingerprint density at radius 2 is 2.00 bits per heavy atom. The molecule has 0 aromatic rings. The van der Waals surface area contributed by atoms with Crippen molar-refractivity contribution in [3.05, 3.63) is 0 Å². The second-order valence-corrected chi connectivity index (χ2v) is 6.08. The van der Waals surface area contributed by atoms with E-state index in [2.05, 4.69) is 12.4 Å². The van der Waals surface area contributed by atoms with E-state index < -0.39 is 0 Å². The molecule has 0 amide bonds. The van der Waals surface area contributed by atoms with Gasteiger partial charge in [0.15, 0.2) is 0 Å². The van der Waals surface area contributed by atoms with Gasteiger partial charge in [-0.25, -0.2) is 0 Å². The minimum atomic E-state index is 0.275. The van der Waals surface area contributed by atoms with Crippen molar-refractivity contribution < 1.29 is 9.47 Å². The molecule has 0 aromatic carbocycles. The van der Waals surface area contributed by atoms with Crippen LogP contribution in [0.2, 0.25) is 0 Å². The molecule has 3 nitrogen and oxygen atoms in total. The number of hydrogen-bond acceptors (Lipinski definition) is 3. The Morgan fingerprint density at radius 1 is 1.18 bits per heavy atom. The molecule has 0 bridgehead atoms. The average molecular weight is 239 g/mol. The predicted molar refractivity (Wildman–Crippen MR) is 67.0 cm³/mol. The largest absolute Gasteiger partial charge is 0.381 e. The van der Waals surface area contributed by atoms with E-state index in [1.807, 2.05) is 0 Å². The fourth-order valence-electron chi connectivity index (χ4n) is 3.98. The van der Waals surface area contributed by atoms with Crippen LogP contribution in [-0.2, 0) is 9.47 Å². The molecule has 3 unspecified atom stereocenters. The van der Waals surface area contributed by atoms with Gasteiger partial charge in [0.1, 0.15) is 0 Å². The van der Waals surface area contributed by atoms with Crippen molar-refractivity contribution in [2.24, 2.45) is 11.8 Å². The van der Waals surface area contributed by atoms with E-state index >= 15 is 0 Å². The van der Waals surface area contributed by atoms with Gasteiger partial charge >= 0.3 is 0 Å². The van der Waals surface area contributed by atoms with Crippen LogP contribution in [0.1, 0.15) is 38.5 Å². The van der Waals surface area contributed by atoms with E-state index in [9.17, 15) is 0 Å². The van der Waals surface area contributed by atoms with Gasteiger partial charge in [-0.3, -0.25) is 0 Å². The molecule has 2 saturated heterocycles. The molecule has 3 aliphatic rings. The van der Waals surface area contributed by atoms with Crippen LogP contribution in [0.4, 0.5) is 0 Å². The summed E-state index contributed by atoms with van der Waals surface area (Å²) in [6.45, 7) is 2.88. The molecule has 3 atom stereocenters. The highest BCUT2D eigenvalue weighted by Gasteiger charge is 2.45. The molecule has 3 heteroatoms. The van der Waals surface area contributed by atoms with Crippen molar-refractivity contribution in [1.82, 2.24) is 5.32 Å². The minimum absolute atomic E-state index is 0.275. The van der Waals surface area contributed by atoms with Crippen molar-refractivity contribution in [2.45, 2.75) is 50.2 Å². The van der Waals surface area contributed by atoms with Crippen LogP contribution in [0.5, 0.6) is 0 Å².